The van der Waals surface area contributed by atoms with E-state index in [1.165, 1.54) is 0 Å². The van der Waals surface area contributed by atoms with E-state index in [0.717, 1.165) is 43.7 Å². The highest BCUT2D eigenvalue weighted by Crippen LogP contribution is 2.21. The molecule has 0 bridgehead atoms. The van der Waals surface area contributed by atoms with Crippen LogP contribution in [-0.4, -0.2) is 48.9 Å². The summed E-state index contributed by atoms with van der Waals surface area (Å²) in [6.07, 6.45) is 5.45. The third-order valence-corrected chi connectivity index (χ3v) is 5.08. The van der Waals surface area contributed by atoms with Gasteiger partial charge in [0.05, 0.1) is 12.9 Å². The van der Waals surface area contributed by atoms with Gasteiger partial charge in [-0.05, 0) is 49.1 Å². The average Bonchev–Trinajstić information content (AvgIpc) is 2.65. The second kappa shape index (κ2) is 10.3. The fourth-order valence-corrected chi connectivity index (χ4v) is 3.58. The number of hydrogen-bond donors (Lipinski definition) is 1. The Morgan fingerprint density at radius 2 is 2.24 bits per heavy atom. The lowest BCUT2D eigenvalue weighted by atomic mass is 9.93. The molecule has 1 aromatic rings. The molecule has 1 aromatic carbocycles. The van der Waals surface area contributed by atoms with E-state index in [0.29, 0.717) is 24.6 Å². The highest BCUT2D eigenvalue weighted by atomic mass is 32.2. The third kappa shape index (κ3) is 6.61. The van der Waals surface area contributed by atoms with E-state index in [4.69, 9.17) is 4.74 Å². The monoisotopic (exact) mass is 364 g/mol. The Morgan fingerprint density at radius 3 is 3.00 bits per heavy atom. The first-order chi connectivity index (χ1) is 12.1. The second-order valence-electron chi connectivity index (χ2n) is 6.45. The summed E-state index contributed by atoms with van der Waals surface area (Å²) in [7, 11) is 1.63. The van der Waals surface area contributed by atoms with Crippen molar-refractivity contribution in [3.05, 3.63) is 29.8 Å². The summed E-state index contributed by atoms with van der Waals surface area (Å²) in [5.74, 6) is 2.06. The molecule has 1 N–H and O–H groups in total. The maximum Gasteiger partial charge on any atom is 0.232 e. The largest absolute Gasteiger partial charge is 0.497 e. The number of nitrogens with one attached hydrogen (secondary N) is 1. The van der Waals surface area contributed by atoms with Crippen LogP contribution >= 0.6 is 11.8 Å². The number of likely N-dealkylation sites (tertiary alicyclic amines) is 1. The summed E-state index contributed by atoms with van der Waals surface area (Å²) < 4.78 is 5.19. The smallest absolute Gasteiger partial charge is 0.232 e. The van der Waals surface area contributed by atoms with Crippen LogP contribution in [0, 0.1) is 5.92 Å². The number of ether oxygens (including phenoxy) is 1. The highest BCUT2D eigenvalue weighted by Gasteiger charge is 2.23. The van der Waals surface area contributed by atoms with E-state index in [-0.39, 0.29) is 11.8 Å². The number of nitrogens with zero attached hydrogens (tertiary/aromatic N) is 1. The molecule has 1 saturated heterocycles. The van der Waals surface area contributed by atoms with E-state index in [2.05, 4.69) is 5.32 Å². The number of amides is 2. The van der Waals surface area contributed by atoms with Crippen LogP contribution in [0.3, 0.4) is 0 Å². The van der Waals surface area contributed by atoms with Crippen LogP contribution in [0.1, 0.15) is 31.2 Å². The molecule has 0 saturated carbocycles. The van der Waals surface area contributed by atoms with Crippen molar-refractivity contribution in [2.45, 2.75) is 32.2 Å². The summed E-state index contributed by atoms with van der Waals surface area (Å²) in [4.78, 5) is 26.1. The molecule has 5 nitrogen and oxygen atoms in total. The van der Waals surface area contributed by atoms with Gasteiger partial charge in [0.25, 0.3) is 0 Å². The maximum atomic E-state index is 12.1. The number of benzene rings is 1. The van der Waals surface area contributed by atoms with Crippen LogP contribution in [-0.2, 0) is 16.1 Å². The number of thioether (sulfide) groups is 1. The van der Waals surface area contributed by atoms with Crippen LogP contribution in [0.2, 0.25) is 0 Å². The van der Waals surface area contributed by atoms with Crippen molar-refractivity contribution in [3.8, 4) is 5.75 Å². The normalized spacial score (nSPS) is 17.2. The van der Waals surface area contributed by atoms with Gasteiger partial charge in [-0.1, -0.05) is 12.1 Å². The Hall–Kier alpha value is -1.69. The van der Waals surface area contributed by atoms with Crippen LogP contribution in [0.4, 0.5) is 0 Å². The van der Waals surface area contributed by atoms with Gasteiger partial charge in [0, 0.05) is 26.1 Å². The number of carbonyl (C=O) groups is 2. The molecule has 1 fully saturated rings. The van der Waals surface area contributed by atoms with Crippen LogP contribution in [0.25, 0.3) is 0 Å². The molecule has 1 aliphatic rings. The Morgan fingerprint density at radius 1 is 1.40 bits per heavy atom. The molecule has 0 radical (unpaired) electrons. The molecular formula is C19H28N2O3S. The van der Waals surface area contributed by atoms with Gasteiger partial charge in [0.15, 0.2) is 0 Å². The summed E-state index contributed by atoms with van der Waals surface area (Å²) in [5.41, 5.74) is 1.03. The fourth-order valence-electron chi connectivity index (χ4n) is 3.15. The molecule has 2 amide bonds. The van der Waals surface area contributed by atoms with E-state index in [9.17, 15) is 9.59 Å². The predicted octanol–water partition coefficient (Wildman–Crippen LogP) is 2.69. The molecule has 2 rings (SSSR count). The van der Waals surface area contributed by atoms with Crippen molar-refractivity contribution < 1.29 is 14.3 Å². The SMILES string of the molecule is COc1cccc(CNC(=O)CCC2CCCN(C(=O)CSC)C2)c1. The lowest BCUT2D eigenvalue weighted by Gasteiger charge is -2.32. The first-order valence-electron chi connectivity index (χ1n) is 8.78. The van der Waals surface area contributed by atoms with Crippen LogP contribution in [0.5, 0.6) is 5.75 Å². The first kappa shape index (κ1) is 19.6. The van der Waals surface area contributed by atoms with Crippen LogP contribution in [0.15, 0.2) is 24.3 Å². The summed E-state index contributed by atoms with van der Waals surface area (Å²) in [6.45, 7) is 2.17. The van der Waals surface area contributed by atoms with Crippen LogP contribution < -0.4 is 10.1 Å². The van der Waals surface area contributed by atoms with Gasteiger partial charge in [-0.15, -0.1) is 0 Å². The van der Waals surface area contributed by atoms with Crippen molar-refractivity contribution in [1.29, 1.82) is 0 Å². The number of carbonyl (C=O) groups excluding carboxylic acids is 2. The quantitative estimate of drug-likeness (QED) is 0.770. The predicted molar refractivity (Wildman–Crippen MR) is 102 cm³/mol. The molecule has 0 aliphatic carbocycles. The lowest BCUT2D eigenvalue weighted by molar-refractivity contribution is -0.130. The minimum atomic E-state index is 0.0652. The Kier molecular flexibility index (Phi) is 8.12. The molecule has 25 heavy (non-hydrogen) atoms. The molecule has 1 heterocycles. The topological polar surface area (TPSA) is 58.6 Å². The van der Waals surface area contributed by atoms with Crippen molar-refractivity contribution in [2.24, 2.45) is 5.92 Å². The molecule has 1 atom stereocenters. The van der Waals surface area contributed by atoms with Gasteiger partial charge >= 0.3 is 0 Å². The van der Waals surface area contributed by atoms with Crippen molar-refractivity contribution in [3.63, 3.8) is 0 Å². The van der Waals surface area contributed by atoms with Gasteiger partial charge in [0.1, 0.15) is 5.75 Å². The van der Waals surface area contributed by atoms with Gasteiger partial charge < -0.3 is 15.0 Å². The van der Waals surface area contributed by atoms with Gasteiger partial charge in [-0.2, -0.15) is 11.8 Å². The van der Waals surface area contributed by atoms with E-state index in [1.54, 1.807) is 18.9 Å². The van der Waals surface area contributed by atoms with Crippen molar-refractivity contribution in [1.82, 2.24) is 10.2 Å². The van der Waals surface area contributed by atoms with Gasteiger partial charge in [0.2, 0.25) is 11.8 Å². The summed E-state index contributed by atoms with van der Waals surface area (Å²) >= 11 is 1.57. The summed E-state index contributed by atoms with van der Waals surface area (Å²) in [6, 6.07) is 7.71. The Labute approximate surface area is 154 Å². The zero-order valence-corrected chi connectivity index (χ0v) is 15.9. The number of piperidine rings is 1. The second-order valence-corrected chi connectivity index (χ2v) is 7.31. The average molecular weight is 365 g/mol. The molecular weight excluding hydrogens is 336 g/mol. The van der Waals surface area contributed by atoms with Gasteiger partial charge in [-0.3, -0.25) is 9.59 Å². The minimum absolute atomic E-state index is 0.0652. The van der Waals surface area contributed by atoms with Gasteiger partial charge in [-0.25, -0.2) is 0 Å². The summed E-state index contributed by atoms with van der Waals surface area (Å²) in [5, 5.41) is 2.97. The number of hydrogen-bond acceptors (Lipinski definition) is 4. The van der Waals surface area contributed by atoms with E-state index >= 15 is 0 Å². The molecule has 0 spiro atoms. The first-order valence-corrected chi connectivity index (χ1v) is 10.2. The maximum absolute atomic E-state index is 12.1. The third-order valence-electron chi connectivity index (χ3n) is 4.54. The Balaban J connectivity index is 1.71. The number of rotatable bonds is 8. The fraction of sp³-hybridized carbons (Fsp3) is 0.579. The van der Waals surface area contributed by atoms with E-state index < -0.39 is 0 Å². The molecule has 1 aliphatic heterocycles. The molecule has 0 aromatic heterocycles. The van der Waals surface area contributed by atoms with Crippen molar-refractivity contribution in [2.75, 3.05) is 32.2 Å². The highest BCUT2D eigenvalue weighted by molar-refractivity contribution is 7.99. The molecule has 1 unspecified atom stereocenters. The minimum Gasteiger partial charge on any atom is -0.497 e. The zero-order chi connectivity index (χ0) is 18.1. The standard InChI is InChI=1S/C19H28N2O3S/c1-24-17-7-3-5-16(11-17)12-20-18(22)9-8-15-6-4-10-21(13-15)19(23)14-25-2/h3,5,7,11,15H,4,6,8-10,12-14H2,1-2H3,(H,20,22). The zero-order valence-electron chi connectivity index (χ0n) is 15.1. The molecule has 6 heteroatoms. The van der Waals surface area contributed by atoms with Crippen molar-refractivity contribution >= 4 is 23.6 Å². The Bertz CT molecular complexity index is 580. The molecule has 138 valence electrons. The number of methoxy groups -OCH3 is 1. The van der Waals surface area contributed by atoms with E-state index in [1.807, 2.05) is 35.4 Å². The lowest BCUT2D eigenvalue weighted by Crippen LogP contribution is -2.41.